The zero-order valence-corrected chi connectivity index (χ0v) is 12.8. The zero-order valence-electron chi connectivity index (χ0n) is 12.8. The normalized spacial score (nSPS) is 20.2. The number of halogens is 2. The summed E-state index contributed by atoms with van der Waals surface area (Å²) in [5.41, 5.74) is 6.49. The van der Waals surface area contributed by atoms with Gasteiger partial charge in [-0.15, -0.1) is 0 Å². The molecule has 3 rings (SSSR count). The first-order valence-corrected chi connectivity index (χ1v) is 7.33. The van der Waals surface area contributed by atoms with E-state index >= 15 is 0 Å². The number of esters is 1. The number of hydrogen-bond acceptors (Lipinski definition) is 4. The number of nitrogens with zero attached hydrogens (tertiary/aromatic N) is 2. The van der Waals surface area contributed by atoms with Gasteiger partial charge in [0.05, 0.1) is 24.8 Å². The summed E-state index contributed by atoms with van der Waals surface area (Å²) >= 11 is 0. The first-order valence-electron chi connectivity index (χ1n) is 7.33. The predicted molar refractivity (Wildman–Crippen MR) is 80.1 cm³/mol. The van der Waals surface area contributed by atoms with E-state index < -0.39 is 17.6 Å². The molecular formula is C16H17F2N3O2. The number of imidazole rings is 1. The molecule has 0 saturated carbocycles. The number of benzene rings is 1. The molecule has 2 unspecified atom stereocenters. The molecule has 1 aromatic heterocycles. The highest BCUT2D eigenvalue weighted by Crippen LogP contribution is 2.41. The van der Waals surface area contributed by atoms with E-state index in [9.17, 15) is 13.6 Å². The maximum atomic E-state index is 14.3. The van der Waals surface area contributed by atoms with Crippen LogP contribution in [0.15, 0.2) is 18.5 Å². The molecule has 1 aliphatic heterocycles. The molecule has 0 fully saturated rings. The van der Waals surface area contributed by atoms with Gasteiger partial charge >= 0.3 is 5.97 Å². The van der Waals surface area contributed by atoms with Crippen LogP contribution in [0.1, 0.15) is 47.1 Å². The first kappa shape index (κ1) is 15.5. The van der Waals surface area contributed by atoms with Gasteiger partial charge in [0.15, 0.2) is 11.5 Å². The Bertz CT molecular complexity index is 773. The molecule has 0 aliphatic carbocycles. The minimum absolute atomic E-state index is 0.00327. The van der Waals surface area contributed by atoms with Gasteiger partial charge in [-0.05, 0) is 31.9 Å². The van der Waals surface area contributed by atoms with Crippen LogP contribution in [-0.4, -0.2) is 22.6 Å². The minimum atomic E-state index is -0.710. The van der Waals surface area contributed by atoms with Crippen molar-refractivity contribution in [1.29, 1.82) is 0 Å². The summed E-state index contributed by atoms with van der Waals surface area (Å²) in [6, 6.07) is 2.15. The first-order chi connectivity index (χ1) is 11.0. The third-order valence-electron chi connectivity index (χ3n) is 4.52. The van der Waals surface area contributed by atoms with Crippen LogP contribution in [0.3, 0.4) is 0 Å². The lowest BCUT2D eigenvalue weighted by molar-refractivity contribution is 0.0592. The van der Waals surface area contributed by atoms with Crippen LogP contribution < -0.4 is 5.73 Å². The lowest BCUT2D eigenvalue weighted by Crippen LogP contribution is -2.25. The van der Waals surface area contributed by atoms with Crippen LogP contribution in [0.25, 0.3) is 0 Å². The van der Waals surface area contributed by atoms with Crippen molar-refractivity contribution in [1.82, 2.24) is 9.55 Å². The topological polar surface area (TPSA) is 70.1 Å². The summed E-state index contributed by atoms with van der Waals surface area (Å²) in [5, 5.41) is 0. The summed E-state index contributed by atoms with van der Waals surface area (Å²) < 4.78 is 35.0. The fourth-order valence-electron chi connectivity index (χ4n) is 3.29. The van der Waals surface area contributed by atoms with Gasteiger partial charge in [0, 0.05) is 17.5 Å². The summed E-state index contributed by atoms with van der Waals surface area (Å²) in [4.78, 5) is 15.8. The van der Waals surface area contributed by atoms with Gasteiger partial charge in [-0.2, -0.15) is 0 Å². The number of hydrogen-bond donors (Lipinski definition) is 1. The molecule has 5 nitrogen and oxygen atoms in total. The lowest BCUT2D eigenvalue weighted by atomic mass is 9.83. The van der Waals surface area contributed by atoms with Crippen LogP contribution in [-0.2, 0) is 11.2 Å². The second-order valence-corrected chi connectivity index (χ2v) is 5.69. The Morgan fingerprint density at radius 2 is 2.17 bits per heavy atom. The molecule has 2 N–H and O–H groups in total. The Kier molecular flexibility index (Phi) is 3.79. The van der Waals surface area contributed by atoms with Gasteiger partial charge in [0.1, 0.15) is 5.82 Å². The molecule has 0 amide bonds. The third kappa shape index (κ3) is 2.36. The highest BCUT2D eigenvalue weighted by molar-refractivity contribution is 5.88. The van der Waals surface area contributed by atoms with Crippen LogP contribution >= 0.6 is 0 Å². The maximum Gasteiger partial charge on any atom is 0.358 e. The molecule has 23 heavy (non-hydrogen) atoms. The zero-order chi connectivity index (χ0) is 16.7. The van der Waals surface area contributed by atoms with Crippen LogP contribution in [0.2, 0.25) is 0 Å². The van der Waals surface area contributed by atoms with Crippen molar-refractivity contribution < 1.29 is 18.3 Å². The molecule has 2 aromatic rings. The number of nitrogen functional groups attached to an aromatic ring is 1. The van der Waals surface area contributed by atoms with E-state index in [2.05, 4.69) is 4.98 Å². The number of aromatic nitrogens is 2. The van der Waals surface area contributed by atoms with Gasteiger partial charge in [-0.1, -0.05) is 0 Å². The monoisotopic (exact) mass is 321 g/mol. The Morgan fingerprint density at radius 1 is 1.43 bits per heavy atom. The Balaban J connectivity index is 2.03. The van der Waals surface area contributed by atoms with E-state index in [0.717, 1.165) is 5.69 Å². The molecular weight excluding hydrogens is 304 g/mol. The van der Waals surface area contributed by atoms with Crippen LogP contribution in [0, 0.1) is 11.6 Å². The highest BCUT2D eigenvalue weighted by Gasteiger charge is 2.34. The van der Waals surface area contributed by atoms with Crippen molar-refractivity contribution in [3.05, 3.63) is 47.0 Å². The molecule has 0 saturated heterocycles. The van der Waals surface area contributed by atoms with E-state index in [-0.39, 0.29) is 28.9 Å². The number of fused-ring (bicyclic) bond motifs is 1. The quantitative estimate of drug-likeness (QED) is 0.682. The van der Waals surface area contributed by atoms with Crippen molar-refractivity contribution in [2.45, 2.75) is 31.7 Å². The third-order valence-corrected chi connectivity index (χ3v) is 4.52. The van der Waals surface area contributed by atoms with Gasteiger partial charge in [-0.3, -0.25) is 0 Å². The van der Waals surface area contributed by atoms with Gasteiger partial charge in [0.2, 0.25) is 0 Å². The predicted octanol–water partition coefficient (Wildman–Crippen LogP) is 2.82. The molecule has 2 atom stereocenters. The molecule has 2 heterocycles. The lowest BCUT2D eigenvalue weighted by Gasteiger charge is -2.32. The molecule has 0 bridgehead atoms. The number of methoxy groups -OCH3 is 1. The number of rotatable bonds is 2. The van der Waals surface area contributed by atoms with E-state index in [1.165, 1.54) is 25.6 Å². The number of ether oxygens (including phenoxy) is 1. The second-order valence-electron chi connectivity index (χ2n) is 5.69. The summed E-state index contributed by atoms with van der Waals surface area (Å²) in [5.74, 6) is -2.21. The van der Waals surface area contributed by atoms with Crippen molar-refractivity contribution in [3.8, 4) is 0 Å². The standard InChI is InChI=1S/C16H17F2N3O2/c1-8-9(13-10(17)4-5-11(19)14(13)18)3-6-12-15(16(22)23-2)20-7-21(8)12/h4-5,7-9H,3,6,19H2,1-2H3. The summed E-state index contributed by atoms with van der Waals surface area (Å²) in [7, 11) is 1.29. The van der Waals surface area contributed by atoms with Gasteiger partial charge in [-0.25, -0.2) is 18.6 Å². The fraction of sp³-hybridized carbons (Fsp3) is 0.375. The average Bonchev–Trinajstić information content (AvgIpc) is 2.97. The van der Waals surface area contributed by atoms with Crippen LogP contribution in [0.5, 0.6) is 0 Å². The number of carbonyl (C=O) groups is 1. The van der Waals surface area contributed by atoms with Crippen molar-refractivity contribution >= 4 is 11.7 Å². The SMILES string of the molecule is COC(=O)c1ncn2c1CCC(c1c(F)ccc(N)c1F)C2C. The van der Waals surface area contributed by atoms with E-state index in [4.69, 9.17) is 10.5 Å². The van der Waals surface area contributed by atoms with Crippen LogP contribution in [0.4, 0.5) is 14.5 Å². The second kappa shape index (κ2) is 5.64. The van der Waals surface area contributed by atoms with E-state index in [1.54, 1.807) is 4.57 Å². The van der Waals surface area contributed by atoms with E-state index in [1.807, 2.05) is 6.92 Å². The number of nitrogens with two attached hydrogens (primary N) is 1. The average molecular weight is 321 g/mol. The van der Waals surface area contributed by atoms with Crippen molar-refractivity contribution in [2.75, 3.05) is 12.8 Å². The van der Waals surface area contributed by atoms with Gasteiger partial charge in [0.25, 0.3) is 0 Å². The minimum Gasteiger partial charge on any atom is -0.464 e. The molecule has 0 spiro atoms. The fourth-order valence-corrected chi connectivity index (χ4v) is 3.29. The largest absolute Gasteiger partial charge is 0.464 e. The number of carbonyl (C=O) groups excluding carboxylic acids is 1. The maximum absolute atomic E-state index is 14.3. The smallest absolute Gasteiger partial charge is 0.358 e. The highest BCUT2D eigenvalue weighted by atomic mass is 19.1. The summed E-state index contributed by atoms with van der Waals surface area (Å²) in [6.07, 6.45) is 2.49. The Morgan fingerprint density at radius 3 is 2.87 bits per heavy atom. The number of anilines is 1. The van der Waals surface area contributed by atoms with Gasteiger partial charge < -0.3 is 15.0 Å². The van der Waals surface area contributed by atoms with E-state index in [0.29, 0.717) is 12.8 Å². The van der Waals surface area contributed by atoms with Crippen molar-refractivity contribution in [2.24, 2.45) is 0 Å². The summed E-state index contributed by atoms with van der Waals surface area (Å²) in [6.45, 7) is 1.85. The molecule has 1 aromatic carbocycles. The molecule has 122 valence electrons. The Labute approximate surface area is 132 Å². The molecule has 7 heteroatoms. The Hall–Kier alpha value is -2.44. The van der Waals surface area contributed by atoms with Crippen molar-refractivity contribution in [3.63, 3.8) is 0 Å². The molecule has 1 aliphatic rings. The molecule has 0 radical (unpaired) electrons.